The van der Waals surface area contributed by atoms with Crippen molar-refractivity contribution in [2.75, 3.05) is 31.5 Å². The zero-order chi connectivity index (χ0) is 17.2. The van der Waals surface area contributed by atoms with Crippen molar-refractivity contribution in [3.8, 4) is 11.5 Å². The van der Waals surface area contributed by atoms with Gasteiger partial charge in [-0.1, -0.05) is 5.16 Å². The minimum atomic E-state index is -4.15. The van der Waals surface area contributed by atoms with E-state index in [1.54, 1.807) is 19.2 Å². The molecule has 0 amide bonds. The van der Waals surface area contributed by atoms with Crippen LogP contribution in [-0.2, 0) is 0 Å². The standard InChI is InChI=1S/C15H18F3N5O/c1-10-21-14(24-22-10)12-3-2-5-19-13(12)20-7-11-4-6-23(8-11)9-15(16,17)18/h2-3,5,11H,4,6-9H2,1H3,(H,19,20). The molecule has 2 aromatic heterocycles. The molecule has 9 heteroatoms. The van der Waals surface area contributed by atoms with Crippen LogP contribution in [0.5, 0.6) is 0 Å². The number of nitrogens with one attached hydrogen (secondary N) is 1. The third-order valence-electron chi connectivity index (χ3n) is 3.90. The maximum Gasteiger partial charge on any atom is 0.401 e. The molecule has 1 aliphatic rings. The average molecular weight is 341 g/mol. The number of hydrogen-bond donors (Lipinski definition) is 1. The Morgan fingerprint density at radius 3 is 2.96 bits per heavy atom. The van der Waals surface area contributed by atoms with E-state index in [0.717, 1.165) is 6.42 Å². The summed E-state index contributed by atoms with van der Waals surface area (Å²) in [6.45, 7) is 2.31. The summed E-state index contributed by atoms with van der Waals surface area (Å²) in [7, 11) is 0. The van der Waals surface area contributed by atoms with Gasteiger partial charge in [-0.05, 0) is 37.9 Å². The number of alkyl halides is 3. The van der Waals surface area contributed by atoms with Crippen LogP contribution in [-0.4, -0.2) is 52.4 Å². The minimum absolute atomic E-state index is 0.145. The molecule has 6 nitrogen and oxygen atoms in total. The van der Waals surface area contributed by atoms with Gasteiger partial charge in [0, 0.05) is 19.3 Å². The SMILES string of the molecule is Cc1noc(-c2cccnc2NCC2CCN(CC(F)(F)F)C2)n1. The third-order valence-corrected chi connectivity index (χ3v) is 3.90. The van der Waals surface area contributed by atoms with Gasteiger partial charge in [0.2, 0.25) is 0 Å². The Bertz CT molecular complexity index is 688. The maximum absolute atomic E-state index is 12.4. The Morgan fingerprint density at radius 2 is 2.25 bits per heavy atom. The predicted molar refractivity (Wildman–Crippen MR) is 81.4 cm³/mol. The summed E-state index contributed by atoms with van der Waals surface area (Å²) in [5.74, 6) is 1.63. The molecule has 3 rings (SSSR count). The Hall–Kier alpha value is -2.16. The first kappa shape index (κ1) is 16.7. The van der Waals surface area contributed by atoms with Crippen LogP contribution >= 0.6 is 0 Å². The van der Waals surface area contributed by atoms with Crippen LogP contribution in [0.4, 0.5) is 19.0 Å². The molecule has 0 aromatic carbocycles. The van der Waals surface area contributed by atoms with Crippen molar-refractivity contribution in [1.82, 2.24) is 20.0 Å². The lowest BCUT2D eigenvalue weighted by atomic mass is 10.1. The van der Waals surface area contributed by atoms with Crippen molar-refractivity contribution in [3.63, 3.8) is 0 Å². The van der Waals surface area contributed by atoms with Gasteiger partial charge in [0.1, 0.15) is 5.82 Å². The van der Waals surface area contributed by atoms with Crippen LogP contribution in [0.2, 0.25) is 0 Å². The van der Waals surface area contributed by atoms with Gasteiger partial charge in [-0.2, -0.15) is 18.2 Å². The van der Waals surface area contributed by atoms with Crippen LogP contribution in [0.15, 0.2) is 22.9 Å². The van der Waals surface area contributed by atoms with E-state index in [9.17, 15) is 13.2 Å². The van der Waals surface area contributed by atoms with Gasteiger partial charge >= 0.3 is 6.18 Å². The molecule has 130 valence electrons. The topological polar surface area (TPSA) is 67.1 Å². The van der Waals surface area contributed by atoms with Gasteiger partial charge < -0.3 is 9.84 Å². The number of aryl methyl sites for hydroxylation is 1. The Morgan fingerprint density at radius 1 is 1.42 bits per heavy atom. The molecule has 1 atom stereocenters. The number of anilines is 1. The second kappa shape index (κ2) is 6.76. The van der Waals surface area contributed by atoms with E-state index in [4.69, 9.17) is 4.52 Å². The van der Waals surface area contributed by atoms with Crippen LogP contribution in [0, 0.1) is 12.8 Å². The lowest BCUT2D eigenvalue weighted by molar-refractivity contribution is -0.143. The lowest BCUT2D eigenvalue weighted by Gasteiger charge is -2.18. The summed E-state index contributed by atoms with van der Waals surface area (Å²) < 4.78 is 42.5. The van der Waals surface area contributed by atoms with Crippen molar-refractivity contribution >= 4 is 5.82 Å². The molecule has 0 bridgehead atoms. The number of hydrogen-bond acceptors (Lipinski definition) is 6. The molecular formula is C15H18F3N5O. The van der Waals surface area contributed by atoms with E-state index >= 15 is 0 Å². The second-order valence-corrected chi connectivity index (χ2v) is 5.93. The molecule has 1 saturated heterocycles. The number of likely N-dealkylation sites (tertiary alicyclic amines) is 1. The van der Waals surface area contributed by atoms with Gasteiger partial charge in [-0.15, -0.1) is 0 Å². The molecule has 1 N–H and O–H groups in total. The highest BCUT2D eigenvalue weighted by Crippen LogP contribution is 2.26. The Labute approximate surface area is 137 Å². The van der Waals surface area contributed by atoms with Gasteiger partial charge in [0.05, 0.1) is 12.1 Å². The first-order valence-corrected chi connectivity index (χ1v) is 7.69. The fourth-order valence-corrected chi connectivity index (χ4v) is 2.84. The predicted octanol–water partition coefficient (Wildman–Crippen LogP) is 2.74. The molecule has 0 spiro atoms. The van der Waals surface area contributed by atoms with Crippen LogP contribution in [0.3, 0.4) is 0 Å². The van der Waals surface area contributed by atoms with E-state index in [1.165, 1.54) is 4.90 Å². The highest BCUT2D eigenvalue weighted by Gasteiger charge is 2.34. The molecule has 0 aliphatic carbocycles. The molecule has 24 heavy (non-hydrogen) atoms. The van der Waals surface area contributed by atoms with Crippen molar-refractivity contribution in [2.45, 2.75) is 19.5 Å². The van der Waals surface area contributed by atoms with E-state index in [0.29, 0.717) is 42.7 Å². The zero-order valence-corrected chi connectivity index (χ0v) is 13.2. The van der Waals surface area contributed by atoms with Crippen molar-refractivity contribution in [2.24, 2.45) is 5.92 Å². The fraction of sp³-hybridized carbons (Fsp3) is 0.533. The minimum Gasteiger partial charge on any atom is -0.369 e. The first-order chi connectivity index (χ1) is 11.4. The van der Waals surface area contributed by atoms with Gasteiger partial charge in [-0.3, -0.25) is 4.90 Å². The normalized spacial score (nSPS) is 18.9. The van der Waals surface area contributed by atoms with Crippen molar-refractivity contribution < 1.29 is 17.7 Å². The molecule has 1 aliphatic heterocycles. The first-order valence-electron chi connectivity index (χ1n) is 7.69. The summed E-state index contributed by atoms with van der Waals surface area (Å²) in [5.41, 5.74) is 0.684. The fourth-order valence-electron chi connectivity index (χ4n) is 2.84. The van der Waals surface area contributed by atoms with E-state index in [-0.39, 0.29) is 5.92 Å². The number of pyridine rings is 1. The number of aromatic nitrogens is 3. The quantitative estimate of drug-likeness (QED) is 0.902. The van der Waals surface area contributed by atoms with Crippen LogP contribution in [0.25, 0.3) is 11.5 Å². The zero-order valence-electron chi connectivity index (χ0n) is 13.2. The number of nitrogens with zero attached hydrogens (tertiary/aromatic N) is 4. The van der Waals surface area contributed by atoms with Crippen molar-refractivity contribution in [3.05, 3.63) is 24.2 Å². The number of halogens is 3. The van der Waals surface area contributed by atoms with Crippen molar-refractivity contribution in [1.29, 1.82) is 0 Å². The van der Waals surface area contributed by atoms with Gasteiger partial charge in [0.25, 0.3) is 5.89 Å². The van der Waals surface area contributed by atoms with E-state index in [2.05, 4.69) is 20.4 Å². The van der Waals surface area contributed by atoms with E-state index in [1.807, 2.05) is 6.07 Å². The molecule has 1 unspecified atom stereocenters. The smallest absolute Gasteiger partial charge is 0.369 e. The molecule has 1 fully saturated rings. The monoisotopic (exact) mass is 341 g/mol. The maximum atomic E-state index is 12.4. The van der Waals surface area contributed by atoms with Gasteiger partial charge in [0.15, 0.2) is 5.82 Å². The highest BCUT2D eigenvalue weighted by molar-refractivity contribution is 5.68. The largest absolute Gasteiger partial charge is 0.401 e. The van der Waals surface area contributed by atoms with Crippen LogP contribution in [0.1, 0.15) is 12.2 Å². The Kier molecular flexibility index (Phi) is 4.70. The average Bonchev–Trinajstić information content (AvgIpc) is 3.13. The van der Waals surface area contributed by atoms with Crippen LogP contribution < -0.4 is 5.32 Å². The summed E-state index contributed by atoms with van der Waals surface area (Å²) in [5, 5.41) is 6.96. The summed E-state index contributed by atoms with van der Waals surface area (Å²) in [6, 6.07) is 3.58. The van der Waals surface area contributed by atoms with E-state index < -0.39 is 12.7 Å². The molecule has 0 saturated carbocycles. The Balaban J connectivity index is 1.60. The number of rotatable bonds is 5. The molecule has 2 aromatic rings. The summed E-state index contributed by atoms with van der Waals surface area (Å²) in [6.07, 6.45) is -1.78. The second-order valence-electron chi connectivity index (χ2n) is 5.93. The molecule has 3 heterocycles. The summed E-state index contributed by atoms with van der Waals surface area (Å²) >= 11 is 0. The van der Waals surface area contributed by atoms with Gasteiger partial charge in [-0.25, -0.2) is 4.98 Å². The highest BCUT2D eigenvalue weighted by atomic mass is 19.4. The lowest BCUT2D eigenvalue weighted by Crippen LogP contribution is -2.33. The molecular weight excluding hydrogens is 323 g/mol. The third kappa shape index (κ3) is 4.22. The summed E-state index contributed by atoms with van der Waals surface area (Å²) in [4.78, 5) is 9.89. The molecule has 0 radical (unpaired) electrons.